The number of fused-ring (bicyclic) bond motifs is 1. The summed E-state index contributed by atoms with van der Waals surface area (Å²) in [5.41, 5.74) is 8.02. The molecule has 0 radical (unpaired) electrons. The number of aryl methyl sites for hydroxylation is 1. The van der Waals surface area contributed by atoms with Crippen molar-refractivity contribution in [1.29, 1.82) is 0 Å². The van der Waals surface area contributed by atoms with Crippen LogP contribution in [0.15, 0.2) is 72.8 Å². The van der Waals surface area contributed by atoms with Crippen LogP contribution in [0.2, 0.25) is 0 Å². The molecular formula is C21H19N. The Morgan fingerprint density at radius 3 is 2.14 bits per heavy atom. The number of benzene rings is 2. The minimum absolute atomic E-state index is 0.338. The first-order chi connectivity index (χ1) is 10.8. The molecule has 22 heavy (non-hydrogen) atoms. The highest BCUT2D eigenvalue weighted by atomic mass is 15.0. The second-order valence-corrected chi connectivity index (χ2v) is 5.98. The van der Waals surface area contributed by atoms with Crippen molar-refractivity contribution >= 4 is 5.70 Å². The van der Waals surface area contributed by atoms with E-state index in [1.54, 1.807) is 0 Å². The van der Waals surface area contributed by atoms with E-state index in [2.05, 4.69) is 91.2 Å². The normalized spacial score (nSPS) is 16.5. The molecule has 2 aromatic carbocycles. The molecule has 3 aromatic rings. The van der Waals surface area contributed by atoms with Crippen LogP contribution < -0.4 is 0 Å². The lowest BCUT2D eigenvalue weighted by Gasteiger charge is -2.13. The molecule has 1 aromatic heterocycles. The third kappa shape index (κ3) is 1.93. The summed E-state index contributed by atoms with van der Waals surface area (Å²) in [7, 11) is 0. The standard InChI is InChI=1S/C21H19N/c1-15-13-19(17-9-5-3-6-10-17)21-20(14-16(2)22(15)21)18-11-7-4-8-12-18/h3-14,19H,1-2H3. The zero-order valence-electron chi connectivity index (χ0n) is 13.0. The molecule has 108 valence electrons. The first kappa shape index (κ1) is 13.1. The van der Waals surface area contributed by atoms with Crippen molar-refractivity contribution in [3.8, 4) is 11.1 Å². The summed E-state index contributed by atoms with van der Waals surface area (Å²) in [4.78, 5) is 0. The maximum absolute atomic E-state index is 2.40. The molecule has 0 spiro atoms. The summed E-state index contributed by atoms with van der Waals surface area (Å²) >= 11 is 0. The Hall–Kier alpha value is -2.54. The van der Waals surface area contributed by atoms with Gasteiger partial charge in [0.2, 0.25) is 0 Å². The molecule has 0 fully saturated rings. The highest BCUT2D eigenvalue weighted by Crippen LogP contribution is 2.43. The lowest BCUT2D eigenvalue weighted by molar-refractivity contribution is 0.939. The van der Waals surface area contributed by atoms with Crippen molar-refractivity contribution in [2.24, 2.45) is 0 Å². The molecule has 1 aliphatic heterocycles. The Balaban J connectivity index is 1.94. The number of hydrogen-bond donors (Lipinski definition) is 0. The van der Waals surface area contributed by atoms with Crippen LogP contribution in [0.3, 0.4) is 0 Å². The van der Waals surface area contributed by atoms with E-state index < -0.39 is 0 Å². The first-order valence-electron chi connectivity index (χ1n) is 7.77. The van der Waals surface area contributed by atoms with E-state index >= 15 is 0 Å². The number of allylic oxidation sites excluding steroid dienone is 2. The van der Waals surface area contributed by atoms with E-state index in [4.69, 9.17) is 0 Å². The summed E-state index contributed by atoms with van der Waals surface area (Å²) in [6, 6.07) is 23.8. The molecule has 1 nitrogen and oxygen atoms in total. The van der Waals surface area contributed by atoms with Crippen molar-refractivity contribution in [1.82, 2.24) is 4.57 Å². The summed E-state index contributed by atoms with van der Waals surface area (Å²) < 4.78 is 2.40. The average Bonchev–Trinajstić information content (AvgIpc) is 3.08. The van der Waals surface area contributed by atoms with Gasteiger partial charge in [-0.2, -0.15) is 0 Å². The molecule has 0 N–H and O–H groups in total. The van der Waals surface area contributed by atoms with Gasteiger partial charge >= 0.3 is 0 Å². The van der Waals surface area contributed by atoms with Gasteiger partial charge in [-0.05, 0) is 31.0 Å². The third-order valence-electron chi connectivity index (χ3n) is 4.52. The topological polar surface area (TPSA) is 4.93 Å². The third-order valence-corrected chi connectivity index (χ3v) is 4.52. The highest BCUT2D eigenvalue weighted by Gasteiger charge is 2.28. The summed E-state index contributed by atoms with van der Waals surface area (Å²) in [6.07, 6.45) is 2.38. The largest absolute Gasteiger partial charge is 0.321 e. The van der Waals surface area contributed by atoms with Crippen LogP contribution in [0.1, 0.15) is 29.8 Å². The molecule has 2 heterocycles. The van der Waals surface area contributed by atoms with Gasteiger partial charge in [-0.3, -0.25) is 0 Å². The maximum Gasteiger partial charge on any atom is 0.0452 e. The highest BCUT2D eigenvalue weighted by molar-refractivity contribution is 5.75. The van der Waals surface area contributed by atoms with Crippen LogP contribution in [-0.2, 0) is 0 Å². The number of rotatable bonds is 2. The zero-order valence-corrected chi connectivity index (χ0v) is 13.0. The van der Waals surface area contributed by atoms with Gasteiger partial charge in [-0.25, -0.2) is 0 Å². The molecule has 1 atom stereocenters. The average molecular weight is 285 g/mol. The molecule has 0 amide bonds. The van der Waals surface area contributed by atoms with Gasteiger partial charge in [0.25, 0.3) is 0 Å². The fourth-order valence-electron chi connectivity index (χ4n) is 3.59. The van der Waals surface area contributed by atoms with Gasteiger partial charge in [-0.1, -0.05) is 66.7 Å². The zero-order chi connectivity index (χ0) is 15.1. The molecule has 1 aliphatic rings. The lowest BCUT2D eigenvalue weighted by Crippen LogP contribution is -2.00. The van der Waals surface area contributed by atoms with E-state index in [0.717, 1.165) is 0 Å². The summed E-state index contributed by atoms with van der Waals surface area (Å²) in [5, 5.41) is 0. The van der Waals surface area contributed by atoms with Gasteiger partial charge in [0.15, 0.2) is 0 Å². The summed E-state index contributed by atoms with van der Waals surface area (Å²) in [5.74, 6) is 0.338. The van der Waals surface area contributed by atoms with Crippen molar-refractivity contribution in [2.45, 2.75) is 19.8 Å². The molecule has 0 saturated carbocycles. The number of hydrogen-bond acceptors (Lipinski definition) is 0. The molecule has 1 heteroatoms. The molecule has 4 rings (SSSR count). The smallest absolute Gasteiger partial charge is 0.0452 e. The second kappa shape index (κ2) is 5.03. The Morgan fingerprint density at radius 1 is 0.818 bits per heavy atom. The molecule has 0 aliphatic carbocycles. The van der Waals surface area contributed by atoms with Crippen molar-refractivity contribution in [3.05, 3.63) is 89.8 Å². The minimum atomic E-state index is 0.338. The van der Waals surface area contributed by atoms with E-state index in [1.165, 1.54) is 33.8 Å². The first-order valence-corrected chi connectivity index (χ1v) is 7.77. The maximum atomic E-state index is 2.40. The van der Waals surface area contributed by atoms with Crippen LogP contribution in [0.5, 0.6) is 0 Å². The van der Waals surface area contributed by atoms with E-state index in [-0.39, 0.29) is 0 Å². The van der Waals surface area contributed by atoms with Crippen molar-refractivity contribution in [3.63, 3.8) is 0 Å². The Bertz CT molecular complexity index is 838. The quantitative estimate of drug-likeness (QED) is 0.588. The van der Waals surface area contributed by atoms with Crippen LogP contribution in [-0.4, -0.2) is 4.57 Å². The lowest BCUT2D eigenvalue weighted by atomic mass is 9.92. The number of aromatic nitrogens is 1. The van der Waals surface area contributed by atoms with Crippen molar-refractivity contribution in [2.75, 3.05) is 0 Å². The monoisotopic (exact) mass is 285 g/mol. The molecule has 0 saturated heterocycles. The van der Waals surface area contributed by atoms with Crippen LogP contribution in [0.4, 0.5) is 0 Å². The van der Waals surface area contributed by atoms with E-state index in [9.17, 15) is 0 Å². The van der Waals surface area contributed by atoms with E-state index in [0.29, 0.717) is 5.92 Å². The second-order valence-electron chi connectivity index (χ2n) is 5.98. The molecule has 1 unspecified atom stereocenters. The number of nitrogens with zero attached hydrogens (tertiary/aromatic N) is 1. The van der Waals surface area contributed by atoms with Crippen LogP contribution in [0, 0.1) is 6.92 Å². The molecule has 0 bridgehead atoms. The van der Waals surface area contributed by atoms with Crippen LogP contribution in [0.25, 0.3) is 16.8 Å². The Labute approximate surface area is 131 Å². The minimum Gasteiger partial charge on any atom is -0.321 e. The van der Waals surface area contributed by atoms with Gasteiger partial charge in [0, 0.05) is 28.6 Å². The van der Waals surface area contributed by atoms with Gasteiger partial charge in [-0.15, -0.1) is 0 Å². The van der Waals surface area contributed by atoms with Gasteiger partial charge < -0.3 is 4.57 Å². The Kier molecular flexibility index (Phi) is 3.00. The fraction of sp³-hybridized carbons (Fsp3) is 0.143. The fourth-order valence-corrected chi connectivity index (χ4v) is 3.59. The SMILES string of the molecule is CC1=CC(c2ccccc2)c2c(-c3ccccc3)cc(C)n21. The predicted octanol–water partition coefficient (Wildman–Crippen LogP) is 5.47. The van der Waals surface area contributed by atoms with Crippen molar-refractivity contribution < 1.29 is 0 Å². The van der Waals surface area contributed by atoms with Crippen LogP contribution >= 0.6 is 0 Å². The summed E-state index contributed by atoms with van der Waals surface area (Å²) in [6.45, 7) is 4.40. The van der Waals surface area contributed by atoms with Gasteiger partial charge in [0.05, 0.1) is 0 Å². The molecular weight excluding hydrogens is 266 g/mol. The van der Waals surface area contributed by atoms with E-state index in [1.807, 2.05) is 0 Å². The van der Waals surface area contributed by atoms with Gasteiger partial charge in [0.1, 0.15) is 0 Å². The Morgan fingerprint density at radius 2 is 1.45 bits per heavy atom. The predicted molar refractivity (Wildman–Crippen MR) is 92.8 cm³/mol.